The highest BCUT2D eigenvalue weighted by Gasteiger charge is 2.16. The first kappa shape index (κ1) is 19.5. The van der Waals surface area contributed by atoms with Crippen molar-refractivity contribution in [2.45, 2.75) is 11.8 Å². The summed E-state index contributed by atoms with van der Waals surface area (Å²) in [4.78, 5) is 24.1. The van der Waals surface area contributed by atoms with Crippen molar-refractivity contribution in [3.8, 4) is 5.75 Å². The molecule has 1 N–H and O–H groups in total. The fraction of sp³-hybridized carbons (Fsp3) is 0.222. The number of anilines is 1. The second-order valence-electron chi connectivity index (χ2n) is 5.61. The molecule has 0 aliphatic heterocycles. The molecule has 0 fully saturated rings. The van der Waals surface area contributed by atoms with E-state index in [9.17, 15) is 18.0 Å². The lowest BCUT2D eigenvalue weighted by Crippen LogP contribution is -2.21. The van der Waals surface area contributed by atoms with Gasteiger partial charge >= 0.3 is 5.97 Å². The fourth-order valence-corrected chi connectivity index (χ4v) is 2.81. The molecule has 0 saturated heterocycles. The summed E-state index contributed by atoms with van der Waals surface area (Å²) in [5.41, 5.74) is 1.15. The number of rotatable bonds is 6. The molecule has 2 aromatic carbocycles. The van der Waals surface area contributed by atoms with Crippen LogP contribution in [0.15, 0.2) is 47.4 Å². The number of esters is 1. The molecule has 0 unspecified atom stereocenters. The van der Waals surface area contributed by atoms with Gasteiger partial charge in [0.25, 0.3) is 5.91 Å². The van der Waals surface area contributed by atoms with Gasteiger partial charge in [-0.3, -0.25) is 4.79 Å². The summed E-state index contributed by atoms with van der Waals surface area (Å²) in [6, 6.07) is 10.9. The van der Waals surface area contributed by atoms with Gasteiger partial charge in [0.05, 0.1) is 17.6 Å². The molecule has 0 aliphatic carbocycles. The maximum absolute atomic E-state index is 12.2. The molecule has 7 nitrogen and oxygen atoms in total. The van der Waals surface area contributed by atoms with Gasteiger partial charge in [-0.25, -0.2) is 13.2 Å². The zero-order valence-corrected chi connectivity index (χ0v) is 15.4. The molecule has 138 valence electrons. The van der Waals surface area contributed by atoms with Gasteiger partial charge < -0.3 is 14.8 Å². The van der Waals surface area contributed by atoms with E-state index < -0.39 is 28.3 Å². The highest BCUT2D eigenvalue weighted by molar-refractivity contribution is 7.90. The quantitative estimate of drug-likeness (QED) is 0.775. The molecule has 2 aromatic rings. The highest BCUT2D eigenvalue weighted by Crippen LogP contribution is 2.18. The molecular formula is C18H19NO6S. The number of nitrogens with one attached hydrogen (secondary N) is 1. The number of ether oxygens (including phenoxy) is 2. The van der Waals surface area contributed by atoms with Crippen LogP contribution in [0, 0.1) is 6.92 Å². The molecule has 0 saturated carbocycles. The zero-order chi connectivity index (χ0) is 19.3. The smallest absolute Gasteiger partial charge is 0.338 e. The van der Waals surface area contributed by atoms with Gasteiger partial charge in [0.2, 0.25) is 0 Å². The van der Waals surface area contributed by atoms with Crippen molar-refractivity contribution in [3.05, 3.63) is 53.6 Å². The second kappa shape index (κ2) is 8.01. The van der Waals surface area contributed by atoms with E-state index in [-0.39, 0.29) is 10.5 Å². The third-order valence-electron chi connectivity index (χ3n) is 3.54. The Morgan fingerprint density at radius 3 is 2.50 bits per heavy atom. The third-order valence-corrected chi connectivity index (χ3v) is 4.66. The number of carbonyl (C=O) groups excluding carboxylic acids is 2. The van der Waals surface area contributed by atoms with Gasteiger partial charge in [0.1, 0.15) is 5.75 Å². The van der Waals surface area contributed by atoms with E-state index in [1.54, 1.807) is 31.2 Å². The van der Waals surface area contributed by atoms with E-state index in [2.05, 4.69) is 5.32 Å². The summed E-state index contributed by atoms with van der Waals surface area (Å²) >= 11 is 0. The summed E-state index contributed by atoms with van der Waals surface area (Å²) < 4.78 is 33.3. The van der Waals surface area contributed by atoms with Crippen LogP contribution in [0.4, 0.5) is 5.69 Å². The molecule has 2 rings (SSSR count). The predicted octanol–water partition coefficient (Wildman–Crippen LogP) is 2.20. The van der Waals surface area contributed by atoms with Crippen LogP contribution in [0.1, 0.15) is 15.9 Å². The highest BCUT2D eigenvalue weighted by atomic mass is 32.2. The lowest BCUT2D eigenvalue weighted by molar-refractivity contribution is -0.119. The topological polar surface area (TPSA) is 98.8 Å². The van der Waals surface area contributed by atoms with E-state index in [0.29, 0.717) is 17.0 Å². The molecule has 0 radical (unpaired) electrons. The summed E-state index contributed by atoms with van der Waals surface area (Å²) in [7, 11) is -1.94. The number of aryl methyl sites for hydroxylation is 1. The molecule has 0 aliphatic rings. The molecule has 8 heteroatoms. The van der Waals surface area contributed by atoms with Crippen molar-refractivity contribution in [2.75, 3.05) is 25.3 Å². The number of carbonyl (C=O) groups is 2. The predicted molar refractivity (Wildman–Crippen MR) is 96.2 cm³/mol. The van der Waals surface area contributed by atoms with Crippen LogP contribution >= 0.6 is 0 Å². The number of methoxy groups -OCH3 is 1. The lowest BCUT2D eigenvalue weighted by Gasteiger charge is -2.10. The van der Waals surface area contributed by atoms with Crippen LogP contribution < -0.4 is 10.1 Å². The second-order valence-corrected chi connectivity index (χ2v) is 7.62. The molecule has 0 heterocycles. The molecular weight excluding hydrogens is 358 g/mol. The van der Waals surface area contributed by atoms with Gasteiger partial charge in [0.15, 0.2) is 16.4 Å². The standard InChI is InChI=1S/C18H19NO6S/c1-12-7-8-15(26(3,22)23)10-16(12)18(21)25-11-17(20)19-13-5-4-6-14(9-13)24-2/h4-10H,11H2,1-3H3,(H,19,20). The fourth-order valence-electron chi connectivity index (χ4n) is 2.16. The first-order valence-corrected chi connectivity index (χ1v) is 9.51. The third kappa shape index (κ3) is 5.06. The van der Waals surface area contributed by atoms with Crippen LogP contribution in [0.2, 0.25) is 0 Å². The Labute approximate surface area is 151 Å². The number of sulfone groups is 1. The van der Waals surface area contributed by atoms with E-state index in [1.165, 1.54) is 25.3 Å². The Kier molecular flexibility index (Phi) is 5.99. The van der Waals surface area contributed by atoms with E-state index in [4.69, 9.17) is 9.47 Å². The molecule has 1 amide bonds. The van der Waals surface area contributed by atoms with Crippen molar-refractivity contribution in [1.29, 1.82) is 0 Å². The van der Waals surface area contributed by atoms with Crippen molar-refractivity contribution in [1.82, 2.24) is 0 Å². The summed E-state index contributed by atoms with van der Waals surface area (Å²) in [5.74, 6) is -0.717. The first-order valence-electron chi connectivity index (χ1n) is 7.62. The molecule has 0 bridgehead atoms. The lowest BCUT2D eigenvalue weighted by atomic mass is 10.1. The van der Waals surface area contributed by atoms with Crippen LogP contribution in [0.3, 0.4) is 0 Å². The van der Waals surface area contributed by atoms with Gasteiger partial charge in [0, 0.05) is 18.0 Å². The minimum atomic E-state index is -3.45. The first-order chi connectivity index (χ1) is 12.2. The van der Waals surface area contributed by atoms with E-state index in [0.717, 1.165) is 6.26 Å². The minimum absolute atomic E-state index is 0.0101. The van der Waals surface area contributed by atoms with Gasteiger partial charge in [-0.1, -0.05) is 12.1 Å². The minimum Gasteiger partial charge on any atom is -0.497 e. The average Bonchev–Trinajstić information content (AvgIpc) is 2.59. The SMILES string of the molecule is COc1cccc(NC(=O)COC(=O)c2cc(S(C)(=O)=O)ccc2C)c1. The monoisotopic (exact) mass is 377 g/mol. The van der Waals surface area contributed by atoms with Gasteiger partial charge in [-0.15, -0.1) is 0 Å². The molecule has 0 aromatic heterocycles. The Hall–Kier alpha value is -2.87. The molecule has 0 spiro atoms. The van der Waals surface area contributed by atoms with E-state index >= 15 is 0 Å². The number of hydrogen-bond acceptors (Lipinski definition) is 6. The van der Waals surface area contributed by atoms with E-state index in [1.807, 2.05) is 0 Å². The van der Waals surface area contributed by atoms with Crippen molar-refractivity contribution < 1.29 is 27.5 Å². The van der Waals surface area contributed by atoms with Crippen LogP contribution in [0.25, 0.3) is 0 Å². The summed E-state index contributed by atoms with van der Waals surface area (Å²) in [5, 5.41) is 2.58. The van der Waals surface area contributed by atoms with Gasteiger partial charge in [-0.2, -0.15) is 0 Å². The van der Waals surface area contributed by atoms with Gasteiger partial charge in [-0.05, 0) is 36.8 Å². The van der Waals surface area contributed by atoms with Crippen molar-refractivity contribution in [2.24, 2.45) is 0 Å². The number of amides is 1. The van der Waals surface area contributed by atoms with Crippen LogP contribution in [-0.4, -0.2) is 40.3 Å². The van der Waals surface area contributed by atoms with Crippen LogP contribution in [-0.2, 0) is 19.4 Å². The van der Waals surface area contributed by atoms with Crippen molar-refractivity contribution in [3.63, 3.8) is 0 Å². The summed E-state index contributed by atoms with van der Waals surface area (Å²) in [6.07, 6.45) is 1.05. The normalized spacial score (nSPS) is 10.9. The zero-order valence-electron chi connectivity index (χ0n) is 14.6. The molecule has 0 atom stereocenters. The Bertz CT molecular complexity index is 936. The Morgan fingerprint density at radius 1 is 1.12 bits per heavy atom. The summed E-state index contributed by atoms with van der Waals surface area (Å²) in [6.45, 7) is 1.15. The Balaban J connectivity index is 2.03. The van der Waals surface area contributed by atoms with Crippen molar-refractivity contribution >= 4 is 27.4 Å². The Morgan fingerprint density at radius 2 is 1.85 bits per heavy atom. The number of benzene rings is 2. The average molecular weight is 377 g/mol. The van der Waals surface area contributed by atoms with Crippen LogP contribution in [0.5, 0.6) is 5.75 Å². The largest absolute Gasteiger partial charge is 0.497 e. The molecule has 26 heavy (non-hydrogen) atoms. The number of hydrogen-bond donors (Lipinski definition) is 1. The maximum atomic E-state index is 12.2. The maximum Gasteiger partial charge on any atom is 0.338 e.